The number of allylic oxidation sites excluding steroid dienone is 3. The van der Waals surface area contributed by atoms with E-state index in [4.69, 9.17) is 5.11 Å². The molecule has 2 fully saturated rings. The van der Waals surface area contributed by atoms with Gasteiger partial charge in [0.15, 0.2) is 0 Å². The molecule has 4 atom stereocenters. The second kappa shape index (κ2) is 8.10. The van der Waals surface area contributed by atoms with Crippen molar-refractivity contribution >= 4 is 5.97 Å². The Hall–Kier alpha value is -1.05. The van der Waals surface area contributed by atoms with Crippen LogP contribution in [0.3, 0.4) is 0 Å². The van der Waals surface area contributed by atoms with Crippen molar-refractivity contribution in [1.29, 1.82) is 0 Å². The highest BCUT2D eigenvalue weighted by Crippen LogP contribution is 2.65. The van der Waals surface area contributed by atoms with E-state index in [1.807, 2.05) is 13.0 Å². The van der Waals surface area contributed by atoms with E-state index in [0.717, 1.165) is 35.2 Å². The summed E-state index contributed by atoms with van der Waals surface area (Å²) < 4.78 is 0. The summed E-state index contributed by atoms with van der Waals surface area (Å²) in [4.78, 5) is 10.8. The lowest BCUT2D eigenvalue weighted by atomic mass is 9.63. The molecule has 2 heteroatoms. The molecule has 2 rings (SSSR count). The van der Waals surface area contributed by atoms with Crippen LogP contribution in [0.15, 0.2) is 23.8 Å². The molecule has 142 valence electrons. The van der Waals surface area contributed by atoms with Crippen LogP contribution in [0.4, 0.5) is 0 Å². The van der Waals surface area contributed by atoms with Gasteiger partial charge >= 0.3 is 5.97 Å². The molecule has 0 radical (unpaired) electrons. The molecule has 1 N–H and O–H groups in total. The number of carboxylic acid groups (broad SMARTS) is 1. The van der Waals surface area contributed by atoms with Gasteiger partial charge in [0.1, 0.15) is 0 Å². The quantitative estimate of drug-likeness (QED) is 0.432. The Kier molecular flexibility index (Phi) is 6.56. The molecule has 25 heavy (non-hydrogen) atoms. The van der Waals surface area contributed by atoms with E-state index in [9.17, 15) is 4.79 Å². The Morgan fingerprint density at radius 3 is 2.12 bits per heavy atom. The van der Waals surface area contributed by atoms with Crippen LogP contribution >= 0.6 is 0 Å². The predicted molar refractivity (Wildman–Crippen MR) is 105 cm³/mol. The number of aliphatic carboxylic acids is 1. The lowest BCUT2D eigenvalue weighted by molar-refractivity contribution is -0.131. The summed E-state index contributed by atoms with van der Waals surface area (Å²) in [6.45, 7) is 13.8. The van der Waals surface area contributed by atoms with Gasteiger partial charge < -0.3 is 5.11 Å². The highest BCUT2D eigenvalue weighted by atomic mass is 16.4. The molecule has 2 aliphatic rings. The van der Waals surface area contributed by atoms with Crippen molar-refractivity contribution in [2.75, 3.05) is 0 Å². The molecule has 0 heterocycles. The van der Waals surface area contributed by atoms with Crippen molar-refractivity contribution in [3.8, 4) is 0 Å². The fourth-order valence-corrected chi connectivity index (χ4v) is 5.25. The molecule has 0 amide bonds. The highest BCUT2D eigenvalue weighted by molar-refractivity contribution is 5.81. The first kappa shape index (κ1) is 20.3. The Morgan fingerprint density at radius 1 is 1.12 bits per heavy atom. The zero-order valence-corrected chi connectivity index (χ0v) is 17.1. The summed E-state index contributed by atoms with van der Waals surface area (Å²) in [5.41, 5.74) is 1.31. The summed E-state index contributed by atoms with van der Waals surface area (Å²) in [6.07, 6.45) is 12.4. The molecule has 4 unspecified atom stereocenters. The first-order valence-corrected chi connectivity index (χ1v) is 10.3. The van der Waals surface area contributed by atoms with Gasteiger partial charge in [0.2, 0.25) is 0 Å². The van der Waals surface area contributed by atoms with Crippen molar-refractivity contribution in [2.45, 2.75) is 73.6 Å². The molecule has 2 aliphatic carbocycles. The molecule has 0 aromatic carbocycles. The van der Waals surface area contributed by atoms with Crippen molar-refractivity contribution in [3.05, 3.63) is 23.8 Å². The smallest absolute Gasteiger partial charge is 0.328 e. The molecule has 0 aromatic heterocycles. The van der Waals surface area contributed by atoms with Gasteiger partial charge in [-0.3, -0.25) is 0 Å². The minimum atomic E-state index is -0.855. The second-order valence-corrected chi connectivity index (χ2v) is 9.40. The lowest BCUT2D eigenvalue weighted by Gasteiger charge is -2.42. The van der Waals surface area contributed by atoms with E-state index in [0.29, 0.717) is 11.3 Å². The summed E-state index contributed by atoms with van der Waals surface area (Å²) in [7, 11) is 0. The van der Waals surface area contributed by atoms with Crippen LogP contribution in [0.1, 0.15) is 73.6 Å². The molecule has 0 aliphatic heterocycles. The first-order valence-electron chi connectivity index (χ1n) is 10.3. The third-order valence-electron chi connectivity index (χ3n) is 7.26. The number of hydrogen-bond acceptors (Lipinski definition) is 1. The minimum Gasteiger partial charge on any atom is -0.478 e. The van der Waals surface area contributed by atoms with Gasteiger partial charge in [0.05, 0.1) is 0 Å². The summed E-state index contributed by atoms with van der Waals surface area (Å²) in [6, 6.07) is 0. The average Bonchev–Trinajstić information content (AvgIpc) is 3.26. The summed E-state index contributed by atoms with van der Waals surface area (Å²) in [5.74, 6) is 3.93. The molecular weight excluding hydrogens is 308 g/mol. The van der Waals surface area contributed by atoms with E-state index in [1.54, 1.807) is 0 Å². The van der Waals surface area contributed by atoms with Crippen LogP contribution < -0.4 is 0 Å². The maximum atomic E-state index is 10.8. The SMILES string of the molecule is CCC1(C2CC(C(C)C)CC(C(C)C)C2)CC1/C=C/C(C)=C/C(=O)O. The Labute approximate surface area is 154 Å². The van der Waals surface area contributed by atoms with E-state index >= 15 is 0 Å². The van der Waals surface area contributed by atoms with Gasteiger partial charge in [0, 0.05) is 6.08 Å². The molecule has 2 saturated carbocycles. The summed E-state index contributed by atoms with van der Waals surface area (Å²) >= 11 is 0. The van der Waals surface area contributed by atoms with Crippen LogP contribution in [0.5, 0.6) is 0 Å². The van der Waals surface area contributed by atoms with E-state index in [1.165, 1.54) is 38.2 Å². The van der Waals surface area contributed by atoms with Crippen molar-refractivity contribution in [1.82, 2.24) is 0 Å². The Morgan fingerprint density at radius 2 is 1.68 bits per heavy atom. The fourth-order valence-electron chi connectivity index (χ4n) is 5.25. The standard InChI is InChI=1S/C23H38O2/c1-7-23(14-20(23)9-8-17(6)10-22(24)25)21-12-18(15(2)3)11-19(13-21)16(4)5/h8-10,15-16,18-21H,7,11-14H2,1-6H3,(H,24,25)/b9-8+,17-10+. The van der Waals surface area contributed by atoms with Gasteiger partial charge in [0.25, 0.3) is 0 Å². The topological polar surface area (TPSA) is 37.3 Å². The summed E-state index contributed by atoms with van der Waals surface area (Å²) in [5, 5.41) is 8.87. The average molecular weight is 347 g/mol. The molecule has 0 spiro atoms. The van der Waals surface area contributed by atoms with E-state index in [-0.39, 0.29) is 0 Å². The van der Waals surface area contributed by atoms with Crippen molar-refractivity contribution < 1.29 is 9.90 Å². The van der Waals surface area contributed by atoms with Crippen LogP contribution in [0.2, 0.25) is 0 Å². The first-order chi connectivity index (χ1) is 11.7. The number of carbonyl (C=O) groups is 1. The molecular formula is C23H38O2. The maximum absolute atomic E-state index is 10.8. The maximum Gasteiger partial charge on any atom is 0.328 e. The van der Waals surface area contributed by atoms with Gasteiger partial charge in [-0.25, -0.2) is 4.79 Å². The van der Waals surface area contributed by atoms with Gasteiger partial charge in [-0.1, -0.05) is 46.8 Å². The Balaban J connectivity index is 2.11. The van der Waals surface area contributed by atoms with Crippen LogP contribution in [0, 0.1) is 40.9 Å². The lowest BCUT2D eigenvalue weighted by Crippen LogP contribution is -2.33. The highest BCUT2D eigenvalue weighted by Gasteiger charge is 2.57. The normalized spacial score (nSPS) is 36.4. The van der Waals surface area contributed by atoms with E-state index in [2.05, 4.69) is 40.7 Å². The number of rotatable bonds is 7. The van der Waals surface area contributed by atoms with Crippen molar-refractivity contribution in [2.24, 2.45) is 40.9 Å². The molecule has 0 aromatic rings. The largest absolute Gasteiger partial charge is 0.478 e. The number of carboxylic acids is 1. The van der Waals surface area contributed by atoms with Crippen LogP contribution in [-0.4, -0.2) is 11.1 Å². The second-order valence-electron chi connectivity index (χ2n) is 9.40. The monoisotopic (exact) mass is 346 g/mol. The predicted octanol–water partition coefficient (Wildman–Crippen LogP) is 6.33. The Bertz CT molecular complexity index is 512. The number of hydrogen-bond donors (Lipinski definition) is 1. The fraction of sp³-hybridized carbons (Fsp3) is 0.783. The van der Waals surface area contributed by atoms with Gasteiger partial charge in [-0.15, -0.1) is 0 Å². The zero-order chi connectivity index (χ0) is 18.8. The van der Waals surface area contributed by atoms with Crippen LogP contribution in [0.25, 0.3) is 0 Å². The third kappa shape index (κ3) is 4.77. The molecule has 0 bridgehead atoms. The molecule has 0 saturated heterocycles. The van der Waals surface area contributed by atoms with Crippen molar-refractivity contribution in [3.63, 3.8) is 0 Å². The van der Waals surface area contributed by atoms with Gasteiger partial charge in [-0.2, -0.15) is 0 Å². The third-order valence-corrected chi connectivity index (χ3v) is 7.26. The van der Waals surface area contributed by atoms with Crippen LogP contribution in [-0.2, 0) is 4.79 Å². The van der Waals surface area contributed by atoms with Gasteiger partial charge in [-0.05, 0) is 85.5 Å². The molecule has 2 nitrogen and oxygen atoms in total. The zero-order valence-electron chi connectivity index (χ0n) is 17.1. The van der Waals surface area contributed by atoms with E-state index < -0.39 is 5.97 Å². The minimum absolute atomic E-state index is 0.473.